The highest BCUT2D eigenvalue weighted by Crippen LogP contribution is 2.24. The molecule has 0 radical (unpaired) electrons. The summed E-state index contributed by atoms with van der Waals surface area (Å²) < 4.78 is 0. The van der Waals surface area contributed by atoms with Gasteiger partial charge in [-0.25, -0.2) is 0 Å². The van der Waals surface area contributed by atoms with Crippen molar-refractivity contribution in [3.05, 3.63) is 0 Å². The zero-order chi connectivity index (χ0) is 11.1. The average molecular weight is 250 g/mol. The van der Waals surface area contributed by atoms with Gasteiger partial charge in [0.05, 0.1) is 0 Å². The Morgan fingerprint density at radius 1 is 1.53 bits per heavy atom. The summed E-state index contributed by atoms with van der Waals surface area (Å²) in [7, 11) is 0. The van der Waals surface area contributed by atoms with Crippen molar-refractivity contribution in [3.8, 4) is 0 Å². The molecule has 0 aromatic rings. The van der Waals surface area contributed by atoms with Crippen molar-refractivity contribution >= 4 is 29.3 Å². The maximum atomic E-state index is 11.5. The highest BCUT2D eigenvalue weighted by Gasteiger charge is 2.16. The second kappa shape index (κ2) is 7.39. The molecule has 1 atom stereocenters. The van der Waals surface area contributed by atoms with Crippen LogP contribution in [0, 0.1) is 5.92 Å². The quantitative estimate of drug-likeness (QED) is 0.759. The topological polar surface area (TPSA) is 29.1 Å². The average Bonchev–Trinajstić information content (AvgIpc) is 2.18. The largest absolute Gasteiger partial charge is 0.356 e. The summed E-state index contributed by atoms with van der Waals surface area (Å²) in [5.41, 5.74) is 0. The van der Waals surface area contributed by atoms with Crippen LogP contribution in [0.3, 0.4) is 0 Å². The molecule has 1 unspecified atom stereocenters. The van der Waals surface area contributed by atoms with E-state index in [1.807, 2.05) is 18.7 Å². The minimum Gasteiger partial charge on any atom is -0.356 e. The molecule has 0 aromatic carbocycles. The smallest absolute Gasteiger partial charge is 0.220 e. The van der Waals surface area contributed by atoms with Crippen molar-refractivity contribution < 1.29 is 4.79 Å². The summed E-state index contributed by atoms with van der Waals surface area (Å²) in [6.07, 6.45) is 3.96. The third kappa shape index (κ3) is 6.31. The maximum absolute atomic E-state index is 11.5. The molecule has 1 aliphatic heterocycles. The Morgan fingerprint density at radius 2 is 2.20 bits per heavy atom. The van der Waals surface area contributed by atoms with Crippen LogP contribution in [-0.4, -0.2) is 29.3 Å². The summed E-state index contributed by atoms with van der Waals surface area (Å²) >= 11 is 7.80. The molecule has 1 fully saturated rings. The lowest BCUT2D eigenvalue weighted by Gasteiger charge is -2.20. The Kier molecular flexibility index (Phi) is 6.50. The lowest BCUT2D eigenvalue weighted by molar-refractivity contribution is -0.122. The molecule has 1 rings (SSSR count). The molecular weight excluding hydrogens is 230 g/mol. The third-order valence-corrected chi connectivity index (χ3v) is 3.95. The Bertz CT molecular complexity index is 193. The predicted octanol–water partition coefficient (Wildman–Crippen LogP) is 2.65. The zero-order valence-electron chi connectivity index (χ0n) is 9.30. The van der Waals surface area contributed by atoms with Crippen LogP contribution >= 0.6 is 23.4 Å². The van der Waals surface area contributed by atoms with Gasteiger partial charge in [0.2, 0.25) is 5.91 Å². The fourth-order valence-corrected chi connectivity index (χ4v) is 3.01. The number of carbonyl (C=O) groups excluding carboxylic acids is 1. The first-order valence-corrected chi connectivity index (χ1v) is 7.26. The van der Waals surface area contributed by atoms with Gasteiger partial charge in [0.15, 0.2) is 0 Å². The van der Waals surface area contributed by atoms with Gasteiger partial charge in [0.1, 0.15) is 0 Å². The molecule has 1 amide bonds. The summed E-state index contributed by atoms with van der Waals surface area (Å²) in [5.74, 6) is 3.25. The van der Waals surface area contributed by atoms with E-state index in [1.54, 1.807) is 0 Å². The van der Waals surface area contributed by atoms with E-state index in [-0.39, 0.29) is 11.3 Å². The van der Waals surface area contributed by atoms with Gasteiger partial charge in [-0.3, -0.25) is 4.79 Å². The molecule has 1 N–H and O–H groups in total. The standard InChI is InChI=1S/C11H20ClNOS/c1-9(12)2-5-13-11(14)8-10-3-6-15-7-4-10/h9-10H,2-8H2,1H3,(H,13,14). The van der Waals surface area contributed by atoms with Crippen LogP contribution in [0.15, 0.2) is 0 Å². The van der Waals surface area contributed by atoms with E-state index in [4.69, 9.17) is 11.6 Å². The highest BCUT2D eigenvalue weighted by molar-refractivity contribution is 7.99. The Morgan fingerprint density at radius 3 is 2.80 bits per heavy atom. The Balaban J connectivity index is 2.06. The number of nitrogens with one attached hydrogen (secondary N) is 1. The molecule has 15 heavy (non-hydrogen) atoms. The first-order valence-electron chi connectivity index (χ1n) is 5.67. The molecule has 88 valence electrons. The van der Waals surface area contributed by atoms with E-state index in [0.717, 1.165) is 6.42 Å². The van der Waals surface area contributed by atoms with Crippen molar-refractivity contribution in [1.29, 1.82) is 0 Å². The fourth-order valence-electron chi connectivity index (χ4n) is 1.70. The van der Waals surface area contributed by atoms with Crippen LogP contribution in [-0.2, 0) is 4.79 Å². The van der Waals surface area contributed by atoms with Crippen molar-refractivity contribution in [2.75, 3.05) is 18.1 Å². The fraction of sp³-hybridized carbons (Fsp3) is 0.909. The molecule has 1 heterocycles. The van der Waals surface area contributed by atoms with Crippen molar-refractivity contribution in [3.63, 3.8) is 0 Å². The van der Waals surface area contributed by atoms with Crippen molar-refractivity contribution in [1.82, 2.24) is 5.32 Å². The van der Waals surface area contributed by atoms with E-state index in [0.29, 0.717) is 18.9 Å². The van der Waals surface area contributed by atoms with Crippen molar-refractivity contribution in [2.45, 2.75) is 38.0 Å². The van der Waals surface area contributed by atoms with E-state index in [9.17, 15) is 4.79 Å². The lowest BCUT2D eigenvalue weighted by atomic mass is 9.98. The van der Waals surface area contributed by atoms with Crippen LogP contribution in [0.4, 0.5) is 0 Å². The number of alkyl halides is 1. The molecule has 1 aliphatic rings. The van der Waals surface area contributed by atoms with Gasteiger partial charge in [-0.15, -0.1) is 11.6 Å². The number of hydrogen-bond acceptors (Lipinski definition) is 2. The second-order valence-corrected chi connectivity index (χ2v) is 6.15. The van der Waals surface area contributed by atoms with Crippen LogP contribution in [0.2, 0.25) is 0 Å². The van der Waals surface area contributed by atoms with Crippen LogP contribution in [0.25, 0.3) is 0 Å². The molecular formula is C11H20ClNOS. The number of thioether (sulfide) groups is 1. The van der Waals surface area contributed by atoms with E-state index in [2.05, 4.69) is 5.32 Å². The molecule has 1 saturated heterocycles. The summed E-state index contributed by atoms with van der Waals surface area (Å²) in [6.45, 7) is 2.66. The van der Waals surface area contributed by atoms with Crippen molar-refractivity contribution in [2.24, 2.45) is 5.92 Å². The molecule has 0 aromatic heterocycles. The van der Waals surface area contributed by atoms with Crippen LogP contribution in [0.1, 0.15) is 32.6 Å². The third-order valence-electron chi connectivity index (χ3n) is 2.68. The SMILES string of the molecule is CC(Cl)CCNC(=O)CC1CCSCC1. The van der Waals surface area contributed by atoms with Crippen LogP contribution in [0.5, 0.6) is 0 Å². The minimum atomic E-state index is 0.149. The normalized spacial score (nSPS) is 19.9. The lowest BCUT2D eigenvalue weighted by Crippen LogP contribution is -2.28. The number of amides is 1. The zero-order valence-corrected chi connectivity index (χ0v) is 10.9. The minimum absolute atomic E-state index is 0.149. The molecule has 4 heteroatoms. The number of carbonyl (C=O) groups is 1. The van der Waals surface area contributed by atoms with E-state index >= 15 is 0 Å². The van der Waals surface area contributed by atoms with Gasteiger partial charge < -0.3 is 5.32 Å². The predicted molar refractivity (Wildman–Crippen MR) is 67.6 cm³/mol. The van der Waals surface area contributed by atoms with E-state index in [1.165, 1.54) is 24.3 Å². The van der Waals surface area contributed by atoms with Gasteiger partial charge in [-0.2, -0.15) is 11.8 Å². The van der Waals surface area contributed by atoms with Gasteiger partial charge in [-0.1, -0.05) is 0 Å². The molecule has 2 nitrogen and oxygen atoms in total. The summed E-state index contributed by atoms with van der Waals surface area (Å²) in [5, 5.41) is 3.08. The Labute approximate surface area is 102 Å². The maximum Gasteiger partial charge on any atom is 0.220 e. The number of hydrogen-bond donors (Lipinski definition) is 1. The number of halogens is 1. The molecule has 0 bridgehead atoms. The summed E-state index contributed by atoms with van der Waals surface area (Å²) in [6, 6.07) is 0. The summed E-state index contributed by atoms with van der Waals surface area (Å²) in [4.78, 5) is 11.5. The van der Waals surface area contributed by atoms with Crippen LogP contribution < -0.4 is 5.32 Å². The monoisotopic (exact) mass is 249 g/mol. The first kappa shape index (κ1) is 13.2. The van der Waals surface area contributed by atoms with Gasteiger partial charge >= 0.3 is 0 Å². The first-order chi connectivity index (χ1) is 7.18. The molecule has 0 saturated carbocycles. The van der Waals surface area contributed by atoms with Gasteiger partial charge in [0.25, 0.3) is 0 Å². The second-order valence-electron chi connectivity index (χ2n) is 4.18. The van der Waals surface area contributed by atoms with Gasteiger partial charge in [0, 0.05) is 18.3 Å². The molecule has 0 spiro atoms. The van der Waals surface area contributed by atoms with E-state index < -0.39 is 0 Å². The number of rotatable bonds is 5. The Hall–Kier alpha value is 0.110. The highest BCUT2D eigenvalue weighted by atomic mass is 35.5. The van der Waals surface area contributed by atoms with Gasteiger partial charge in [-0.05, 0) is 43.6 Å². The molecule has 0 aliphatic carbocycles.